The van der Waals surface area contributed by atoms with Gasteiger partial charge < -0.3 is 9.84 Å². The van der Waals surface area contributed by atoms with Crippen LogP contribution in [0.3, 0.4) is 0 Å². The van der Waals surface area contributed by atoms with E-state index in [0.29, 0.717) is 0 Å². The summed E-state index contributed by atoms with van der Waals surface area (Å²) in [5, 5.41) is 13.7. The van der Waals surface area contributed by atoms with Crippen LogP contribution in [0.2, 0.25) is 0 Å². The molecule has 0 aromatic heterocycles. The minimum atomic E-state index is -5.20. The van der Waals surface area contributed by atoms with Crippen molar-refractivity contribution in [3.05, 3.63) is 65.7 Å². The van der Waals surface area contributed by atoms with Crippen molar-refractivity contribution in [1.29, 1.82) is 0 Å². The maximum atomic E-state index is 13.5. The zero-order valence-corrected chi connectivity index (χ0v) is 14.1. The van der Waals surface area contributed by atoms with Crippen molar-refractivity contribution in [1.82, 2.24) is 5.01 Å². The number of halogens is 5. The summed E-state index contributed by atoms with van der Waals surface area (Å²) < 4.78 is 71.3. The van der Waals surface area contributed by atoms with Crippen LogP contribution < -0.4 is 4.74 Å². The van der Waals surface area contributed by atoms with Gasteiger partial charge in [-0.25, -0.2) is 8.78 Å². The molecule has 0 saturated heterocycles. The van der Waals surface area contributed by atoms with E-state index in [1.165, 1.54) is 24.3 Å². The fourth-order valence-electron chi connectivity index (χ4n) is 2.57. The Hall–Kier alpha value is -3.01. The van der Waals surface area contributed by atoms with Crippen LogP contribution in [0.15, 0.2) is 53.6 Å². The quantitative estimate of drug-likeness (QED) is 0.802. The largest absolute Gasteiger partial charge is 0.484 e. The first-order chi connectivity index (χ1) is 13.1. The summed E-state index contributed by atoms with van der Waals surface area (Å²) in [4.78, 5) is 12.3. The summed E-state index contributed by atoms with van der Waals surface area (Å²) in [6.45, 7) is -0.871. The van der Waals surface area contributed by atoms with Gasteiger partial charge in [0.15, 0.2) is 6.61 Å². The lowest BCUT2D eigenvalue weighted by Gasteiger charge is -2.32. The summed E-state index contributed by atoms with van der Waals surface area (Å²) in [7, 11) is 0. The summed E-state index contributed by atoms with van der Waals surface area (Å²) in [6.07, 6.45) is -6.23. The standard InChI is InChI=1S/C18H13F5N2O3/c19-12-3-1-11(2-4-12)15-9-17(27,18(21,22)23)25(24-15)16(26)10-28-14-7-5-13(20)6-8-14/h1-8,27H,9-10H2/t17-/m0/s1. The predicted octanol–water partition coefficient (Wildman–Crippen LogP) is 3.23. The van der Waals surface area contributed by atoms with Crippen LogP contribution in [-0.4, -0.2) is 40.2 Å². The third-order valence-electron chi connectivity index (χ3n) is 4.03. The van der Waals surface area contributed by atoms with Crippen LogP contribution in [0.5, 0.6) is 5.75 Å². The van der Waals surface area contributed by atoms with E-state index in [4.69, 9.17) is 4.74 Å². The van der Waals surface area contributed by atoms with Gasteiger partial charge in [0.2, 0.25) is 0 Å². The molecule has 0 bridgehead atoms. The molecule has 3 rings (SSSR count). The normalized spacial score (nSPS) is 19.5. The molecule has 2 aromatic carbocycles. The zero-order valence-electron chi connectivity index (χ0n) is 14.1. The third kappa shape index (κ3) is 3.81. The number of benzene rings is 2. The molecule has 1 N–H and O–H groups in total. The van der Waals surface area contributed by atoms with E-state index in [2.05, 4.69) is 5.10 Å². The van der Waals surface area contributed by atoms with Crippen molar-refractivity contribution in [3.63, 3.8) is 0 Å². The SMILES string of the molecule is O=C(COc1ccc(F)cc1)N1N=C(c2ccc(F)cc2)C[C@]1(O)C(F)(F)F. The molecule has 0 aliphatic carbocycles. The van der Waals surface area contributed by atoms with Crippen LogP contribution >= 0.6 is 0 Å². The molecular formula is C18H13F5N2O3. The second kappa shape index (κ2) is 7.19. The average Bonchev–Trinajstić information content (AvgIpc) is 3.00. The van der Waals surface area contributed by atoms with Crippen molar-refractivity contribution >= 4 is 11.6 Å². The number of amides is 1. The van der Waals surface area contributed by atoms with Gasteiger partial charge in [0.1, 0.15) is 17.4 Å². The van der Waals surface area contributed by atoms with Crippen molar-refractivity contribution in [2.24, 2.45) is 5.10 Å². The van der Waals surface area contributed by atoms with Gasteiger partial charge in [-0.05, 0) is 42.0 Å². The van der Waals surface area contributed by atoms with Gasteiger partial charge in [0.05, 0.1) is 12.1 Å². The number of nitrogens with zero attached hydrogens (tertiary/aromatic N) is 2. The second-order valence-electron chi connectivity index (χ2n) is 5.99. The Morgan fingerprint density at radius 3 is 2.14 bits per heavy atom. The second-order valence-corrected chi connectivity index (χ2v) is 5.99. The molecule has 5 nitrogen and oxygen atoms in total. The molecule has 148 valence electrons. The number of ether oxygens (including phenoxy) is 1. The summed E-state index contributed by atoms with van der Waals surface area (Å²) in [5.74, 6) is -2.37. The molecule has 1 amide bonds. The first-order valence-corrected chi connectivity index (χ1v) is 7.94. The first-order valence-electron chi connectivity index (χ1n) is 7.94. The number of aliphatic hydroxyl groups is 1. The van der Waals surface area contributed by atoms with E-state index >= 15 is 0 Å². The Morgan fingerprint density at radius 1 is 1.07 bits per heavy atom. The highest BCUT2D eigenvalue weighted by Gasteiger charge is 2.63. The Bertz CT molecular complexity index is 897. The highest BCUT2D eigenvalue weighted by atomic mass is 19.4. The Kier molecular flexibility index (Phi) is 5.07. The van der Waals surface area contributed by atoms with Crippen LogP contribution in [-0.2, 0) is 4.79 Å². The Balaban J connectivity index is 1.84. The highest BCUT2D eigenvalue weighted by molar-refractivity contribution is 6.03. The molecule has 2 aromatic rings. The lowest BCUT2D eigenvalue weighted by atomic mass is 10.0. The van der Waals surface area contributed by atoms with E-state index in [1.807, 2.05) is 0 Å². The highest BCUT2D eigenvalue weighted by Crippen LogP contribution is 2.41. The van der Waals surface area contributed by atoms with Crippen LogP contribution in [0.4, 0.5) is 22.0 Å². The Labute approximate surface area is 155 Å². The maximum absolute atomic E-state index is 13.5. The smallest absolute Gasteiger partial charge is 0.438 e. The lowest BCUT2D eigenvalue weighted by Crippen LogP contribution is -2.57. The summed E-state index contributed by atoms with van der Waals surface area (Å²) >= 11 is 0. The van der Waals surface area contributed by atoms with Gasteiger partial charge >= 0.3 is 6.18 Å². The Morgan fingerprint density at radius 2 is 1.61 bits per heavy atom. The van der Waals surface area contributed by atoms with E-state index < -0.39 is 42.5 Å². The van der Waals surface area contributed by atoms with Gasteiger partial charge in [-0.2, -0.15) is 23.3 Å². The molecule has 28 heavy (non-hydrogen) atoms. The fraction of sp³-hybridized carbons (Fsp3) is 0.222. The predicted molar refractivity (Wildman–Crippen MR) is 87.3 cm³/mol. The summed E-state index contributed by atoms with van der Waals surface area (Å²) in [5.41, 5.74) is -3.69. The molecule has 0 unspecified atom stereocenters. The summed E-state index contributed by atoms with van der Waals surface area (Å²) in [6, 6.07) is 8.89. The maximum Gasteiger partial charge on any atom is 0.438 e. The van der Waals surface area contributed by atoms with Gasteiger partial charge in [0.25, 0.3) is 11.6 Å². The molecule has 1 aliphatic rings. The van der Waals surface area contributed by atoms with Gasteiger partial charge in [-0.1, -0.05) is 12.1 Å². The first kappa shape index (κ1) is 19.7. The number of rotatable bonds is 4. The van der Waals surface area contributed by atoms with Crippen molar-refractivity contribution in [2.45, 2.75) is 18.3 Å². The minimum absolute atomic E-state index is 0.0484. The van der Waals surface area contributed by atoms with E-state index in [9.17, 15) is 31.9 Å². The minimum Gasteiger partial charge on any atom is -0.484 e. The zero-order chi connectivity index (χ0) is 20.5. The number of hydrogen-bond donors (Lipinski definition) is 1. The van der Waals surface area contributed by atoms with Crippen LogP contribution in [0.25, 0.3) is 0 Å². The fourth-order valence-corrected chi connectivity index (χ4v) is 2.57. The number of carbonyl (C=O) groups is 1. The molecule has 0 radical (unpaired) electrons. The molecule has 0 fully saturated rings. The monoisotopic (exact) mass is 400 g/mol. The number of hydrazone groups is 1. The van der Waals surface area contributed by atoms with Crippen molar-refractivity contribution in [3.8, 4) is 5.75 Å². The van der Waals surface area contributed by atoms with Gasteiger partial charge in [0, 0.05) is 0 Å². The number of carbonyl (C=O) groups excluding carboxylic acids is 1. The molecule has 1 atom stereocenters. The number of alkyl halides is 3. The number of hydrogen-bond acceptors (Lipinski definition) is 4. The van der Waals surface area contributed by atoms with Crippen molar-refractivity contribution in [2.75, 3.05) is 6.61 Å². The molecule has 1 heterocycles. The van der Waals surface area contributed by atoms with Crippen LogP contribution in [0.1, 0.15) is 12.0 Å². The molecule has 0 saturated carbocycles. The van der Waals surface area contributed by atoms with Crippen LogP contribution in [0, 0.1) is 11.6 Å². The molecule has 10 heteroatoms. The molecule has 1 aliphatic heterocycles. The average molecular weight is 400 g/mol. The van der Waals surface area contributed by atoms with Gasteiger partial charge in [-0.3, -0.25) is 4.79 Å². The van der Waals surface area contributed by atoms with Crippen molar-refractivity contribution < 1.29 is 36.6 Å². The van der Waals surface area contributed by atoms with E-state index in [-0.39, 0.29) is 22.0 Å². The topological polar surface area (TPSA) is 62.1 Å². The molecule has 0 spiro atoms. The van der Waals surface area contributed by atoms with E-state index in [0.717, 1.165) is 24.3 Å². The third-order valence-corrected chi connectivity index (χ3v) is 4.03. The molecular weight excluding hydrogens is 387 g/mol. The lowest BCUT2D eigenvalue weighted by molar-refractivity contribution is -0.302. The van der Waals surface area contributed by atoms with E-state index in [1.54, 1.807) is 0 Å². The van der Waals surface area contributed by atoms with Gasteiger partial charge in [-0.15, -0.1) is 0 Å².